The zero-order chi connectivity index (χ0) is 19.8. The Morgan fingerprint density at radius 2 is 1.79 bits per heavy atom. The summed E-state index contributed by atoms with van der Waals surface area (Å²) in [6.45, 7) is 0.591. The molecule has 5 rings (SSSR count). The standard InChI is InChI=1S/C23H22N2O4/c26-21-20(24-19-8-2-1-3-9-19)14-29-23(21)15-28-22(27)25(23)13-16-10-11-17-6-4-5-7-18(17)12-16/h1-12,20-21,24,26H,13-15H2/t20-,21+,23-/m0/s1. The van der Waals surface area contributed by atoms with Crippen LogP contribution in [0, 0.1) is 0 Å². The highest BCUT2D eigenvalue weighted by Gasteiger charge is 2.60. The van der Waals surface area contributed by atoms with Gasteiger partial charge in [-0.1, -0.05) is 54.6 Å². The van der Waals surface area contributed by atoms with Crippen molar-refractivity contribution in [1.82, 2.24) is 4.90 Å². The monoisotopic (exact) mass is 390 g/mol. The van der Waals surface area contributed by atoms with Crippen molar-refractivity contribution >= 4 is 22.6 Å². The van der Waals surface area contributed by atoms with Gasteiger partial charge in [0.15, 0.2) is 0 Å². The molecular formula is C23H22N2O4. The molecule has 1 spiro atoms. The van der Waals surface area contributed by atoms with Gasteiger partial charge in [0.05, 0.1) is 19.2 Å². The van der Waals surface area contributed by atoms with E-state index >= 15 is 0 Å². The molecule has 0 saturated carbocycles. The van der Waals surface area contributed by atoms with Crippen LogP contribution in [0.1, 0.15) is 5.56 Å². The van der Waals surface area contributed by atoms with Crippen molar-refractivity contribution in [1.29, 1.82) is 0 Å². The number of rotatable bonds is 4. The molecule has 0 aromatic heterocycles. The number of ether oxygens (including phenoxy) is 2. The molecule has 2 N–H and O–H groups in total. The van der Waals surface area contributed by atoms with Crippen LogP contribution in [0.2, 0.25) is 0 Å². The summed E-state index contributed by atoms with van der Waals surface area (Å²) < 4.78 is 11.3. The van der Waals surface area contributed by atoms with Gasteiger partial charge < -0.3 is 19.9 Å². The maximum absolute atomic E-state index is 12.5. The van der Waals surface area contributed by atoms with Gasteiger partial charge in [-0.25, -0.2) is 4.79 Å². The predicted octanol–water partition coefficient (Wildman–Crippen LogP) is 3.36. The minimum atomic E-state index is -1.19. The van der Waals surface area contributed by atoms with Gasteiger partial charge in [0.25, 0.3) is 0 Å². The molecule has 1 amide bonds. The van der Waals surface area contributed by atoms with Crippen LogP contribution < -0.4 is 5.32 Å². The largest absolute Gasteiger partial charge is 0.444 e. The minimum absolute atomic E-state index is 0.00749. The molecule has 2 aliphatic heterocycles. The molecule has 3 aromatic carbocycles. The van der Waals surface area contributed by atoms with E-state index in [1.807, 2.05) is 60.7 Å². The molecule has 3 atom stereocenters. The second kappa shape index (κ2) is 7.06. The molecule has 3 aromatic rings. The van der Waals surface area contributed by atoms with Gasteiger partial charge in [-0.2, -0.15) is 0 Å². The number of anilines is 1. The van der Waals surface area contributed by atoms with Gasteiger partial charge in [-0.15, -0.1) is 0 Å². The van der Waals surface area contributed by atoms with Crippen molar-refractivity contribution in [3.63, 3.8) is 0 Å². The van der Waals surface area contributed by atoms with Crippen molar-refractivity contribution in [3.05, 3.63) is 78.4 Å². The molecule has 6 heteroatoms. The van der Waals surface area contributed by atoms with Gasteiger partial charge in [0.2, 0.25) is 5.72 Å². The number of nitrogens with zero attached hydrogens (tertiary/aromatic N) is 1. The fourth-order valence-corrected chi connectivity index (χ4v) is 4.15. The maximum Gasteiger partial charge on any atom is 0.412 e. The lowest BCUT2D eigenvalue weighted by Crippen LogP contribution is -2.56. The summed E-state index contributed by atoms with van der Waals surface area (Å²) in [6, 6.07) is 23.5. The van der Waals surface area contributed by atoms with Crippen molar-refractivity contribution in [2.75, 3.05) is 18.5 Å². The Bertz CT molecular complexity index is 1040. The molecule has 148 valence electrons. The third-order valence-electron chi connectivity index (χ3n) is 5.72. The van der Waals surface area contributed by atoms with Crippen molar-refractivity contribution < 1.29 is 19.4 Å². The van der Waals surface area contributed by atoms with E-state index in [0.717, 1.165) is 22.0 Å². The molecule has 6 nitrogen and oxygen atoms in total. The van der Waals surface area contributed by atoms with Crippen LogP contribution in [0.3, 0.4) is 0 Å². The molecule has 2 heterocycles. The van der Waals surface area contributed by atoms with Crippen molar-refractivity contribution in [2.45, 2.75) is 24.4 Å². The van der Waals surface area contributed by atoms with Crippen molar-refractivity contribution in [2.24, 2.45) is 0 Å². The quantitative estimate of drug-likeness (QED) is 0.715. The van der Waals surface area contributed by atoms with Crippen molar-refractivity contribution in [3.8, 4) is 0 Å². The van der Waals surface area contributed by atoms with Crippen LogP contribution in [-0.4, -0.2) is 47.2 Å². The Labute approximate surface area is 168 Å². The average molecular weight is 390 g/mol. The number of para-hydroxylation sites is 1. The first-order chi connectivity index (χ1) is 14.2. The maximum atomic E-state index is 12.5. The highest BCUT2D eigenvalue weighted by atomic mass is 16.6. The Morgan fingerprint density at radius 3 is 2.62 bits per heavy atom. The number of cyclic esters (lactones) is 1. The lowest BCUT2D eigenvalue weighted by molar-refractivity contribution is -0.134. The number of hydrogen-bond acceptors (Lipinski definition) is 5. The number of carbonyl (C=O) groups is 1. The summed E-state index contributed by atoms with van der Waals surface area (Å²) in [5.41, 5.74) is 0.663. The lowest BCUT2D eigenvalue weighted by Gasteiger charge is -2.34. The van der Waals surface area contributed by atoms with Crippen LogP contribution in [0.5, 0.6) is 0 Å². The number of aliphatic hydroxyl groups excluding tert-OH is 1. The van der Waals surface area contributed by atoms with Gasteiger partial charge in [-0.05, 0) is 34.5 Å². The second-order valence-corrected chi connectivity index (χ2v) is 7.54. The molecule has 29 heavy (non-hydrogen) atoms. The molecule has 0 unspecified atom stereocenters. The molecular weight excluding hydrogens is 368 g/mol. The molecule has 0 bridgehead atoms. The van der Waals surface area contributed by atoms with E-state index in [0.29, 0.717) is 6.54 Å². The van der Waals surface area contributed by atoms with E-state index in [4.69, 9.17) is 9.47 Å². The first-order valence-electron chi connectivity index (χ1n) is 9.71. The van der Waals surface area contributed by atoms with Gasteiger partial charge in [0, 0.05) is 5.69 Å². The number of carbonyl (C=O) groups excluding carboxylic acids is 1. The van der Waals surface area contributed by atoms with Gasteiger partial charge in [-0.3, -0.25) is 4.90 Å². The van der Waals surface area contributed by atoms with Crippen LogP contribution >= 0.6 is 0 Å². The smallest absolute Gasteiger partial charge is 0.412 e. The highest BCUT2D eigenvalue weighted by molar-refractivity contribution is 5.83. The Balaban J connectivity index is 1.39. The Hall–Kier alpha value is -3.09. The summed E-state index contributed by atoms with van der Waals surface area (Å²) in [5, 5.41) is 16.6. The summed E-state index contributed by atoms with van der Waals surface area (Å²) in [4.78, 5) is 14.0. The van der Waals surface area contributed by atoms with E-state index in [2.05, 4.69) is 17.4 Å². The van der Waals surface area contributed by atoms with Crippen LogP contribution in [-0.2, 0) is 16.0 Å². The first-order valence-corrected chi connectivity index (χ1v) is 9.71. The third-order valence-corrected chi connectivity index (χ3v) is 5.72. The average Bonchev–Trinajstić information content (AvgIpc) is 3.24. The van der Waals surface area contributed by atoms with Gasteiger partial charge in [0.1, 0.15) is 12.7 Å². The predicted molar refractivity (Wildman–Crippen MR) is 109 cm³/mol. The fourth-order valence-electron chi connectivity index (χ4n) is 4.15. The molecule has 2 fully saturated rings. The summed E-state index contributed by atoms with van der Waals surface area (Å²) >= 11 is 0. The normalized spacial score (nSPS) is 26.2. The molecule has 2 aliphatic rings. The van der Waals surface area contributed by atoms with E-state index in [9.17, 15) is 9.90 Å². The van der Waals surface area contributed by atoms with Crippen LogP contribution in [0.25, 0.3) is 10.8 Å². The first kappa shape index (κ1) is 18.0. The van der Waals surface area contributed by atoms with E-state index in [1.165, 1.54) is 4.90 Å². The van der Waals surface area contributed by atoms with E-state index in [1.54, 1.807) is 0 Å². The van der Waals surface area contributed by atoms with Crippen LogP contribution in [0.4, 0.5) is 10.5 Å². The molecule has 2 saturated heterocycles. The molecule has 0 aliphatic carbocycles. The SMILES string of the molecule is O=C1OC[C@@]2(OC[C@H](Nc3ccccc3)[C@H]2O)N1Cc1ccc2ccccc2c1. The summed E-state index contributed by atoms with van der Waals surface area (Å²) in [6.07, 6.45) is -1.40. The highest BCUT2D eigenvalue weighted by Crippen LogP contribution is 2.38. The van der Waals surface area contributed by atoms with Gasteiger partial charge >= 0.3 is 6.09 Å². The van der Waals surface area contributed by atoms with Crippen LogP contribution in [0.15, 0.2) is 72.8 Å². The van der Waals surface area contributed by atoms with E-state index < -0.39 is 17.9 Å². The Kier molecular flexibility index (Phi) is 4.38. The van der Waals surface area contributed by atoms with E-state index in [-0.39, 0.29) is 19.3 Å². The minimum Gasteiger partial charge on any atom is -0.444 e. The topological polar surface area (TPSA) is 71.0 Å². The zero-order valence-electron chi connectivity index (χ0n) is 15.8. The number of nitrogens with one attached hydrogen (secondary N) is 1. The number of benzene rings is 3. The molecule has 0 radical (unpaired) electrons. The fraction of sp³-hybridized carbons (Fsp3) is 0.261. The zero-order valence-corrected chi connectivity index (χ0v) is 15.8. The third kappa shape index (κ3) is 3.10. The second-order valence-electron chi connectivity index (χ2n) is 7.54. The number of amides is 1. The number of aliphatic hydroxyl groups is 1. The lowest BCUT2D eigenvalue weighted by atomic mass is 10.0. The summed E-state index contributed by atoms with van der Waals surface area (Å²) in [7, 11) is 0. The summed E-state index contributed by atoms with van der Waals surface area (Å²) in [5.74, 6) is 0. The Morgan fingerprint density at radius 1 is 1.03 bits per heavy atom. The number of hydrogen-bond donors (Lipinski definition) is 2. The number of fused-ring (bicyclic) bond motifs is 1.